The van der Waals surface area contributed by atoms with Gasteiger partial charge in [0.25, 0.3) is 0 Å². The maximum atomic E-state index is 2.41. The molecule has 0 amide bonds. The molecular formula is C17H21P. The molecule has 0 heterocycles. The molecule has 1 atom stereocenters. The fraction of sp³-hybridized carbons (Fsp3) is 0.294. The van der Waals surface area contributed by atoms with Gasteiger partial charge in [-0.15, -0.1) is 0 Å². The maximum absolute atomic E-state index is 2.41. The smallest absolute Gasteiger partial charge is 0.0107 e. The van der Waals surface area contributed by atoms with Crippen molar-refractivity contribution in [3.63, 3.8) is 0 Å². The molecule has 0 aromatic heterocycles. The Hall–Kier alpha value is -1.13. The van der Waals surface area contributed by atoms with Crippen LogP contribution in [0, 0.1) is 0 Å². The molecule has 2 aromatic rings. The van der Waals surface area contributed by atoms with Crippen LogP contribution in [0.5, 0.6) is 0 Å². The lowest BCUT2D eigenvalue weighted by Crippen LogP contribution is -2.06. The van der Waals surface area contributed by atoms with Crippen LogP contribution in [0.15, 0.2) is 54.6 Å². The molecule has 0 aliphatic rings. The summed E-state index contributed by atoms with van der Waals surface area (Å²) in [6, 6.07) is 19.6. The van der Waals surface area contributed by atoms with Crippen molar-refractivity contribution in [2.75, 3.05) is 12.8 Å². The molecule has 0 aliphatic heterocycles. The zero-order chi connectivity index (χ0) is 12.8. The predicted octanol–water partition coefficient (Wildman–Crippen LogP) is 4.89. The van der Waals surface area contributed by atoms with Gasteiger partial charge in [-0.05, 0) is 35.7 Å². The molecule has 0 spiro atoms. The van der Waals surface area contributed by atoms with Crippen molar-refractivity contribution in [2.24, 2.45) is 0 Å². The topological polar surface area (TPSA) is 0 Å². The van der Waals surface area contributed by atoms with Gasteiger partial charge in [-0.2, -0.15) is 0 Å². The van der Waals surface area contributed by atoms with Crippen LogP contribution in [0.4, 0.5) is 0 Å². The highest BCUT2D eigenvalue weighted by molar-refractivity contribution is 7.65. The van der Waals surface area contributed by atoms with Crippen LogP contribution in [-0.2, 0) is 0 Å². The standard InChI is InChI=1S/C17H21P/c1-3-4-14-18(2)17-13-9-8-12-16(17)15-10-6-5-7-11-15/h5-13H,3-4,14H2,1-2H3. The van der Waals surface area contributed by atoms with Crippen molar-refractivity contribution in [1.82, 2.24) is 0 Å². The molecule has 0 fully saturated rings. The van der Waals surface area contributed by atoms with E-state index in [2.05, 4.69) is 68.2 Å². The molecule has 0 nitrogen and oxygen atoms in total. The molecular weight excluding hydrogens is 235 g/mol. The van der Waals surface area contributed by atoms with E-state index in [-0.39, 0.29) is 7.92 Å². The molecule has 0 saturated heterocycles. The summed E-state index contributed by atoms with van der Waals surface area (Å²) in [4.78, 5) is 0. The highest BCUT2D eigenvalue weighted by Crippen LogP contribution is 2.35. The Labute approximate surface area is 112 Å². The highest BCUT2D eigenvalue weighted by Gasteiger charge is 2.10. The van der Waals surface area contributed by atoms with Crippen molar-refractivity contribution in [3.05, 3.63) is 54.6 Å². The zero-order valence-electron chi connectivity index (χ0n) is 11.3. The van der Waals surface area contributed by atoms with Crippen molar-refractivity contribution in [3.8, 4) is 11.1 Å². The van der Waals surface area contributed by atoms with Crippen LogP contribution >= 0.6 is 7.92 Å². The second-order valence-electron chi connectivity index (χ2n) is 4.66. The Balaban J connectivity index is 2.31. The quantitative estimate of drug-likeness (QED) is 0.668. The van der Waals surface area contributed by atoms with Gasteiger partial charge in [0.15, 0.2) is 0 Å². The van der Waals surface area contributed by atoms with Gasteiger partial charge < -0.3 is 0 Å². The Morgan fingerprint density at radius 3 is 2.28 bits per heavy atom. The number of benzene rings is 2. The van der Waals surface area contributed by atoms with E-state index in [4.69, 9.17) is 0 Å². The lowest BCUT2D eigenvalue weighted by Gasteiger charge is -2.17. The van der Waals surface area contributed by atoms with Crippen LogP contribution < -0.4 is 5.30 Å². The van der Waals surface area contributed by atoms with Gasteiger partial charge in [0.2, 0.25) is 0 Å². The third-order valence-electron chi connectivity index (χ3n) is 3.25. The van der Waals surface area contributed by atoms with Gasteiger partial charge in [0, 0.05) is 0 Å². The van der Waals surface area contributed by atoms with E-state index in [1.54, 1.807) is 5.30 Å². The molecule has 0 N–H and O–H groups in total. The van der Waals surface area contributed by atoms with Crippen molar-refractivity contribution >= 4 is 13.2 Å². The van der Waals surface area contributed by atoms with E-state index < -0.39 is 0 Å². The van der Waals surface area contributed by atoms with Crippen LogP contribution in [-0.4, -0.2) is 12.8 Å². The molecule has 18 heavy (non-hydrogen) atoms. The number of hydrogen-bond donors (Lipinski definition) is 0. The summed E-state index contributed by atoms with van der Waals surface area (Å²) in [7, 11) is -0.0260. The first kappa shape index (κ1) is 13.3. The van der Waals surface area contributed by atoms with Crippen molar-refractivity contribution < 1.29 is 0 Å². The number of rotatable bonds is 5. The number of unbranched alkanes of at least 4 members (excludes halogenated alkanes) is 1. The predicted molar refractivity (Wildman–Crippen MR) is 84.1 cm³/mol. The Morgan fingerprint density at radius 2 is 1.56 bits per heavy atom. The summed E-state index contributed by atoms with van der Waals surface area (Å²) in [6.45, 7) is 4.68. The zero-order valence-corrected chi connectivity index (χ0v) is 12.2. The summed E-state index contributed by atoms with van der Waals surface area (Å²) in [5, 5.41) is 1.55. The summed E-state index contributed by atoms with van der Waals surface area (Å²) in [6.07, 6.45) is 3.97. The molecule has 0 radical (unpaired) electrons. The molecule has 1 heteroatoms. The minimum atomic E-state index is -0.0260. The average Bonchev–Trinajstić information content (AvgIpc) is 2.45. The van der Waals surface area contributed by atoms with E-state index in [9.17, 15) is 0 Å². The van der Waals surface area contributed by atoms with Crippen molar-refractivity contribution in [2.45, 2.75) is 19.8 Å². The monoisotopic (exact) mass is 256 g/mol. The Morgan fingerprint density at radius 1 is 0.889 bits per heavy atom. The first-order chi connectivity index (χ1) is 8.83. The second kappa shape index (κ2) is 6.71. The van der Waals surface area contributed by atoms with E-state index in [0.29, 0.717) is 0 Å². The molecule has 2 aromatic carbocycles. The largest absolute Gasteiger partial charge is 0.0778 e. The molecule has 0 bridgehead atoms. The van der Waals surface area contributed by atoms with Gasteiger partial charge >= 0.3 is 0 Å². The molecule has 2 rings (SSSR count). The highest BCUT2D eigenvalue weighted by atomic mass is 31.1. The SMILES string of the molecule is CCCCP(C)c1ccccc1-c1ccccc1. The fourth-order valence-electron chi connectivity index (χ4n) is 2.18. The second-order valence-corrected chi connectivity index (χ2v) is 6.98. The van der Waals surface area contributed by atoms with Gasteiger partial charge in [0.05, 0.1) is 0 Å². The summed E-state index contributed by atoms with van der Waals surface area (Å²) in [5.74, 6) is 0. The third-order valence-corrected chi connectivity index (χ3v) is 5.45. The van der Waals surface area contributed by atoms with Crippen LogP contribution in [0.3, 0.4) is 0 Å². The fourth-order valence-corrected chi connectivity index (χ4v) is 4.17. The van der Waals surface area contributed by atoms with Crippen molar-refractivity contribution in [1.29, 1.82) is 0 Å². The summed E-state index contributed by atoms with van der Waals surface area (Å²) < 4.78 is 0. The first-order valence-electron chi connectivity index (χ1n) is 6.68. The van der Waals surface area contributed by atoms with Crippen LogP contribution in [0.2, 0.25) is 0 Å². The van der Waals surface area contributed by atoms with Gasteiger partial charge in [-0.3, -0.25) is 0 Å². The van der Waals surface area contributed by atoms with Crippen LogP contribution in [0.25, 0.3) is 11.1 Å². The molecule has 0 aliphatic carbocycles. The minimum absolute atomic E-state index is 0.0260. The number of hydrogen-bond acceptors (Lipinski definition) is 0. The van der Waals surface area contributed by atoms with E-state index in [1.165, 1.54) is 30.1 Å². The normalized spacial score (nSPS) is 12.3. The molecule has 1 unspecified atom stereocenters. The van der Waals surface area contributed by atoms with Gasteiger partial charge in [-0.25, -0.2) is 0 Å². The molecule has 94 valence electrons. The van der Waals surface area contributed by atoms with E-state index >= 15 is 0 Å². The lowest BCUT2D eigenvalue weighted by molar-refractivity contribution is 0.893. The first-order valence-corrected chi connectivity index (χ1v) is 8.66. The van der Waals surface area contributed by atoms with E-state index in [0.717, 1.165) is 0 Å². The van der Waals surface area contributed by atoms with Gasteiger partial charge in [-0.1, -0.05) is 75.9 Å². The average molecular weight is 256 g/mol. The Bertz CT molecular complexity index is 476. The lowest BCUT2D eigenvalue weighted by atomic mass is 10.1. The van der Waals surface area contributed by atoms with E-state index in [1.807, 2.05) is 0 Å². The summed E-state index contributed by atoms with van der Waals surface area (Å²) >= 11 is 0. The summed E-state index contributed by atoms with van der Waals surface area (Å²) in [5.41, 5.74) is 2.77. The van der Waals surface area contributed by atoms with Gasteiger partial charge in [0.1, 0.15) is 0 Å². The maximum Gasteiger partial charge on any atom is -0.0107 e. The molecule has 0 saturated carbocycles. The third kappa shape index (κ3) is 3.21. The Kier molecular flexibility index (Phi) is 4.96. The minimum Gasteiger partial charge on any atom is -0.0778 e. The van der Waals surface area contributed by atoms with Crippen LogP contribution in [0.1, 0.15) is 19.8 Å².